The van der Waals surface area contributed by atoms with Crippen LogP contribution in [0.15, 0.2) is 0 Å². The summed E-state index contributed by atoms with van der Waals surface area (Å²) in [6, 6.07) is -0.0174. The summed E-state index contributed by atoms with van der Waals surface area (Å²) in [4.78, 5) is 11.8. The molecule has 0 aromatic carbocycles. The van der Waals surface area contributed by atoms with E-state index in [1.54, 1.807) is 0 Å². The summed E-state index contributed by atoms with van der Waals surface area (Å²) in [6.45, 7) is 1.94. The van der Waals surface area contributed by atoms with E-state index in [-0.39, 0.29) is 11.6 Å². The normalized spacial score (nSPS) is 58.8. The Bertz CT molecular complexity index is 293. The summed E-state index contributed by atoms with van der Waals surface area (Å²) < 4.78 is 15.3. The molecule has 2 aliphatic heterocycles. The van der Waals surface area contributed by atoms with E-state index >= 15 is 0 Å². The first kappa shape index (κ1) is 7.89. The molecule has 2 saturated carbocycles. The fraction of sp³-hybridized carbons (Fsp3) is 1.00. The van der Waals surface area contributed by atoms with Crippen molar-refractivity contribution in [1.82, 2.24) is 0 Å². The maximum atomic E-state index is 14.1. The zero-order chi connectivity index (χ0) is 9.27. The second-order valence-electron chi connectivity index (χ2n) is 5.52. The van der Waals surface area contributed by atoms with Crippen LogP contribution in [0.4, 0.5) is 4.39 Å². The predicted octanol–water partition coefficient (Wildman–Crippen LogP) is 2.21. The Hall–Kier alpha value is -0.470. The number of nitroso groups, excluding NO2 is 1. The van der Waals surface area contributed by atoms with Gasteiger partial charge in [-0.3, -0.25) is 0 Å². The molecule has 0 N–H and O–H groups in total. The molecule has 4 unspecified atom stereocenters. The summed E-state index contributed by atoms with van der Waals surface area (Å²) in [5.41, 5.74) is -1.37. The van der Waals surface area contributed by atoms with Gasteiger partial charge in [-0.2, -0.15) is 0 Å². The van der Waals surface area contributed by atoms with E-state index in [4.69, 9.17) is 0 Å². The minimum atomic E-state index is -0.999. The monoisotopic (exact) mass is 184 g/mol. The maximum absolute atomic E-state index is 14.1. The third-order valence-electron chi connectivity index (χ3n) is 4.15. The molecule has 4 aliphatic rings. The highest BCUT2D eigenvalue weighted by atomic mass is 19.1. The van der Waals surface area contributed by atoms with Gasteiger partial charge in [0.25, 0.3) is 0 Å². The van der Waals surface area contributed by atoms with Crippen LogP contribution in [-0.2, 0) is 0 Å². The Labute approximate surface area is 77.1 Å². The van der Waals surface area contributed by atoms with Crippen molar-refractivity contribution < 1.29 is 9.15 Å². The van der Waals surface area contributed by atoms with E-state index in [2.05, 4.69) is 0 Å². The minimum Gasteiger partial charge on any atom is -0.243 e. The van der Waals surface area contributed by atoms with Crippen molar-refractivity contribution in [2.45, 2.75) is 56.3 Å². The molecule has 2 aliphatic carbocycles. The summed E-state index contributed by atoms with van der Waals surface area (Å²) in [5.74, 6) is 0.479. The third kappa shape index (κ3) is 0.878. The lowest BCUT2D eigenvalue weighted by atomic mass is 9.58. The fourth-order valence-electron chi connectivity index (χ4n) is 4.04. The second-order valence-corrected chi connectivity index (χ2v) is 5.52. The van der Waals surface area contributed by atoms with E-state index in [9.17, 15) is 9.30 Å². The molecule has 72 valence electrons. The summed E-state index contributed by atoms with van der Waals surface area (Å²) in [7, 11) is 0. The first-order valence-electron chi connectivity index (χ1n) is 5.16. The highest BCUT2D eigenvalue weighted by Gasteiger charge is 2.66. The molecule has 2 heterocycles. The highest BCUT2D eigenvalue weighted by Crippen LogP contribution is 2.55. The standard InChI is InChI=1S/C10H15FNO/c1-9-3-7-2-8(12(9)13)5-10(11,4-7)6-9/h7-8H,2-6H2,1H3/q+1. The molecule has 4 atom stereocenters. The number of rotatable bonds is 0. The average molecular weight is 184 g/mol. The Morgan fingerprint density at radius 2 is 2.15 bits per heavy atom. The first-order valence-corrected chi connectivity index (χ1v) is 5.16. The van der Waals surface area contributed by atoms with Gasteiger partial charge in [-0.1, -0.05) is 0 Å². The summed E-state index contributed by atoms with van der Waals surface area (Å²) in [6.07, 6.45) is 3.52. The van der Waals surface area contributed by atoms with Crippen LogP contribution < -0.4 is 0 Å². The number of hydrogen-bond donors (Lipinski definition) is 0. The van der Waals surface area contributed by atoms with Gasteiger partial charge in [-0.05, 0) is 12.3 Å². The molecule has 2 saturated heterocycles. The molecule has 4 fully saturated rings. The predicted molar refractivity (Wildman–Crippen MR) is 46.2 cm³/mol. The lowest BCUT2D eigenvalue weighted by Crippen LogP contribution is -2.64. The molecule has 0 radical (unpaired) electrons. The van der Waals surface area contributed by atoms with Crippen molar-refractivity contribution in [3.05, 3.63) is 4.91 Å². The van der Waals surface area contributed by atoms with Crippen molar-refractivity contribution in [2.24, 2.45) is 5.92 Å². The van der Waals surface area contributed by atoms with Gasteiger partial charge in [0.1, 0.15) is 5.67 Å². The largest absolute Gasteiger partial charge is 0.243 e. The first-order chi connectivity index (χ1) is 6.01. The van der Waals surface area contributed by atoms with Gasteiger partial charge >= 0.3 is 0 Å². The number of piperidine rings is 2. The molecule has 2 nitrogen and oxygen atoms in total. The van der Waals surface area contributed by atoms with E-state index in [0.29, 0.717) is 25.2 Å². The SMILES string of the molecule is CC12CC3CC(CC(F)(C3)C1)[N+]2=O. The zero-order valence-corrected chi connectivity index (χ0v) is 7.92. The number of halogens is 1. The quantitative estimate of drug-likeness (QED) is 0.528. The van der Waals surface area contributed by atoms with Gasteiger partial charge in [-0.25, -0.2) is 4.39 Å². The fourth-order valence-corrected chi connectivity index (χ4v) is 4.04. The molecule has 13 heavy (non-hydrogen) atoms. The molecule has 0 amide bonds. The van der Waals surface area contributed by atoms with Gasteiger partial charge in [-0.15, -0.1) is 0 Å². The van der Waals surface area contributed by atoms with Gasteiger partial charge in [0, 0.05) is 35.9 Å². The second kappa shape index (κ2) is 1.96. The minimum absolute atomic E-state index is 0.0174. The lowest BCUT2D eigenvalue weighted by molar-refractivity contribution is -0.692. The molecule has 0 aromatic heterocycles. The molecule has 0 spiro atoms. The van der Waals surface area contributed by atoms with E-state index in [1.807, 2.05) is 6.92 Å². The zero-order valence-electron chi connectivity index (χ0n) is 7.92. The average Bonchev–Trinajstić information content (AvgIpc) is 1.96. The molecular formula is C10H15FNO+. The van der Waals surface area contributed by atoms with Crippen LogP contribution in [0.2, 0.25) is 0 Å². The van der Waals surface area contributed by atoms with E-state index < -0.39 is 5.67 Å². The Balaban J connectivity index is 2.06. The molecule has 4 bridgehead atoms. The summed E-state index contributed by atoms with van der Waals surface area (Å²) in [5, 5.41) is 0. The summed E-state index contributed by atoms with van der Waals surface area (Å²) >= 11 is 0. The topological polar surface area (TPSA) is 20.1 Å². The van der Waals surface area contributed by atoms with Crippen LogP contribution in [0.3, 0.4) is 0 Å². The number of hydrogen-bond acceptors (Lipinski definition) is 1. The van der Waals surface area contributed by atoms with E-state index in [1.165, 1.54) is 4.76 Å². The number of alkyl halides is 1. The Morgan fingerprint density at radius 3 is 2.77 bits per heavy atom. The van der Waals surface area contributed by atoms with Crippen molar-refractivity contribution in [1.29, 1.82) is 0 Å². The van der Waals surface area contributed by atoms with Crippen molar-refractivity contribution in [3.8, 4) is 0 Å². The highest BCUT2D eigenvalue weighted by molar-refractivity contribution is 5.06. The van der Waals surface area contributed by atoms with Gasteiger partial charge < -0.3 is 0 Å². The van der Waals surface area contributed by atoms with Crippen molar-refractivity contribution >= 4 is 0 Å². The van der Waals surface area contributed by atoms with Crippen LogP contribution >= 0.6 is 0 Å². The lowest BCUT2D eigenvalue weighted by Gasteiger charge is -2.51. The molecule has 3 heteroatoms. The Morgan fingerprint density at radius 1 is 1.38 bits per heavy atom. The molecule has 4 rings (SSSR count). The Kier molecular flexibility index (Phi) is 1.19. The van der Waals surface area contributed by atoms with Crippen LogP contribution in [0.5, 0.6) is 0 Å². The van der Waals surface area contributed by atoms with Crippen LogP contribution in [0, 0.1) is 10.8 Å². The van der Waals surface area contributed by atoms with Crippen LogP contribution in [0.25, 0.3) is 0 Å². The van der Waals surface area contributed by atoms with Gasteiger partial charge in [0.2, 0.25) is 11.6 Å². The van der Waals surface area contributed by atoms with Crippen LogP contribution in [0.1, 0.15) is 39.0 Å². The molecule has 0 aromatic rings. The van der Waals surface area contributed by atoms with Gasteiger partial charge in [0.05, 0.1) is 6.42 Å². The van der Waals surface area contributed by atoms with Crippen molar-refractivity contribution in [2.75, 3.05) is 0 Å². The van der Waals surface area contributed by atoms with Crippen molar-refractivity contribution in [3.63, 3.8) is 0 Å². The van der Waals surface area contributed by atoms with E-state index in [0.717, 1.165) is 12.8 Å². The van der Waals surface area contributed by atoms with Gasteiger partial charge in [0.15, 0.2) is 0 Å². The third-order valence-corrected chi connectivity index (χ3v) is 4.15. The van der Waals surface area contributed by atoms with Crippen LogP contribution in [-0.4, -0.2) is 22.0 Å². The number of nitrogens with zero attached hydrogens (tertiary/aromatic N) is 1. The smallest absolute Gasteiger partial charge is 0.211 e. The maximum Gasteiger partial charge on any atom is 0.211 e. The molecular weight excluding hydrogens is 169 g/mol.